The van der Waals surface area contributed by atoms with Crippen LogP contribution in [0.1, 0.15) is 6.92 Å². The van der Waals surface area contributed by atoms with E-state index < -0.39 is 0 Å². The van der Waals surface area contributed by atoms with Crippen LogP contribution in [0.3, 0.4) is 0 Å². The molecule has 4 aromatic rings. The molecular formula is C21H18N4O3S. The first-order valence-corrected chi connectivity index (χ1v) is 9.78. The van der Waals surface area contributed by atoms with Crippen molar-refractivity contribution in [3.8, 4) is 17.0 Å². The van der Waals surface area contributed by atoms with Crippen LogP contribution in [-0.4, -0.2) is 27.8 Å². The van der Waals surface area contributed by atoms with E-state index in [9.17, 15) is 9.59 Å². The van der Waals surface area contributed by atoms with Crippen molar-refractivity contribution in [3.05, 3.63) is 66.3 Å². The first kappa shape index (κ1) is 18.7. The Morgan fingerprint density at radius 2 is 1.93 bits per heavy atom. The number of thiazole rings is 1. The highest BCUT2D eigenvalue weighted by Crippen LogP contribution is 2.24. The number of carbonyl (C=O) groups excluding carboxylic acids is 2. The summed E-state index contributed by atoms with van der Waals surface area (Å²) in [6, 6.07) is 14.4. The molecule has 2 heterocycles. The fourth-order valence-corrected chi connectivity index (χ4v) is 3.51. The lowest BCUT2D eigenvalue weighted by molar-refractivity contribution is -0.118. The largest absolute Gasteiger partial charge is 0.484 e. The van der Waals surface area contributed by atoms with Crippen molar-refractivity contribution in [1.82, 2.24) is 9.38 Å². The van der Waals surface area contributed by atoms with Crippen LogP contribution < -0.4 is 15.4 Å². The van der Waals surface area contributed by atoms with Gasteiger partial charge in [0.05, 0.1) is 5.69 Å². The number of nitrogens with one attached hydrogen (secondary N) is 2. The van der Waals surface area contributed by atoms with Gasteiger partial charge in [-0.1, -0.05) is 12.1 Å². The Balaban J connectivity index is 1.36. The van der Waals surface area contributed by atoms with E-state index in [1.165, 1.54) is 6.92 Å². The third kappa shape index (κ3) is 4.61. The molecule has 0 aliphatic rings. The van der Waals surface area contributed by atoms with Crippen molar-refractivity contribution >= 4 is 39.5 Å². The number of rotatable bonds is 6. The van der Waals surface area contributed by atoms with Crippen LogP contribution in [0.5, 0.6) is 5.75 Å². The summed E-state index contributed by atoms with van der Waals surface area (Å²) in [7, 11) is 0. The Labute approximate surface area is 171 Å². The highest BCUT2D eigenvalue weighted by molar-refractivity contribution is 7.15. The van der Waals surface area contributed by atoms with E-state index in [-0.39, 0.29) is 18.4 Å². The molecule has 0 spiro atoms. The maximum absolute atomic E-state index is 12.2. The first-order valence-electron chi connectivity index (χ1n) is 8.90. The van der Waals surface area contributed by atoms with Gasteiger partial charge in [-0.25, -0.2) is 4.98 Å². The van der Waals surface area contributed by atoms with E-state index in [1.807, 2.05) is 46.4 Å². The van der Waals surface area contributed by atoms with Crippen LogP contribution >= 0.6 is 11.3 Å². The molecule has 29 heavy (non-hydrogen) atoms. The molecule has 0 aliphatic carbocycles. The summed E-state index contributed by atoms with van der Waals surface area (Å²) in [5.74, 6) is 0.135. The summed E-state index contributed by atoms with van der Waals surface area (Å²) in [6.07, 6.45) is 3.92. The van der Waals surface area contributed by atoms with Gasteiger partial charge in [0.15, 0.2) is 11.6 Å². The number of imidazole rings is 1. The lowest BCUT2D eigenvalue weighted by Crippen LogP contribution is -2.20. The second kappa shape index (κ2) is 8.15. The quantitative estimate of drug-likeness (QED) is 0.506. The molecule has 2 aromatic carbocycles. The first-order chi connectivity index (χ1) is 14.1. The molecule has 0 aliphatic heterocycles. The molecular weight excluding hydrogens is 388 g/mol. The zero-order valence-corrected chi connectivity index (χ0v) is 16.4. The van der Waals surface area contributed by atoms with Gasteiger partial charge in [0.25, 0.3) is 5.91 Å². The summed E-state index contributed by atoms with van der Waals surface area (Å²) >= 11 is 1.57. The predicted octanol–water partition coefficient (Wildman–Crippen LogP) is 4.04. The molecule has 0 saturated carbocycles. The van der Waals surface area contributed by atoms with Crippen molar-refractivity contribution in [3.63, 3.8) is 0 Å². The Hall–Kier alpha value is -3.65. The minimum Gasteiger partial charge on any atom is -0.484 e. The zero-order chi connectivity index (χ0) is 20.2. The Kier molecular flexibility index (Phi) is 5.26. The third-order valence-corrected chi connectivity index (χ3v) is 4.85. The van der Waals surface area contributed by atoms with Crippen LogP contribution in [-0.2, 0) is 9.59 Å². The Morgan fingerprint density at radius 3 is 2.69 bits per heavy atom. The van der Waals surface area contributed by atoms with Crippen LogP contribution in [0.25, 0.3) is 16.2 Å². The molecule has 146 valence electrons. The van der Waals surface area contributed by atoms with E-state index in [4.69, 9.17) is 4.74 Å². The number of benzene rings is 2. The van der Waals surface area contributed by atoms with Crippen LogP contribution in [0.2, 0.25) is 0 Å². The van der Waals surface area contributed by atoms with Crippen molar-refractivity contribution in [2.75, 3.05) is 17.2 Å². The molecule has 7 nitrogen and oxygen atoms in total. The van der Waals surface area contributed by atoms with Crippen molar-refractivity contribution < 1.29 is 14.3 Å². The molecule has 0 radical (unpaired) electrons. The maximum atomic E-state index is 12.2. The number of hydrogen-bond donors (Lipinski definition) is 2. The molecule has 0 fully saturated rings. The number of ether oxygens (including phenoxy) is 1. The van der Waals surface area contributed by atoms with Gasteiger partial charge < -0.3 is 15.4 Å². The molecule has 4 rings (SSSR count). The smallest absolute Gasteiger partial charge is 0.262 e. The molecule has 8 heteroatoms. The Morgan fingerprint density at radius 1 is 1.10 bits per heavy atom. The molecule has 2 amide bonds. The molecule has 0 bridgehead atoms. The maximum Gasteiger partial charge on any atom is 0.262 e. The normalized spacial score (nSPS) is 10.7. The van der Waals surface area contributed by atoms with Gasteiger partial charge >= 0.3 is 0 Å². The van der Waals surface area contributed by atoms with Crippen molar-refractivity contribution in [2.45, 2.75) is 6.92 Å². The molecule has 0 unspecified atom stereocenters. The van der Waals surface area contributed by atoms with Gasteiger partial charge in [0, 0.05) is 41.6 Å². The fraction of sp³-hybridized carbons (Fsp3) is 0.0952. The minimum absolute atomic E-state index is 0.121. The number of fused-ring (bicyclic) bond motifs is 1. The van der Waals surface area contributed by atoms with Crippen LogP contribution in [0.15, 0.2) is 66.3 Å². The van der Waals surface area contributed by atoms with Gasteiger partial charge in [0.2, 0.25) is 5.91 Å². The van der Waals surface area contributed by atoms with E-state index in [0.717, 1.165) is 16.2 Å². The highest BCUT2D eigenvalue weighted by atomic mass is 32.1. The van der Waals surface area contributed by atoms with Gasteiger partial charge in [0.1, 0.15) is 5.75 Å². The molecule has 0 atom stereocenters. The lowest BCUT2D eigenvalue weighted by atomic mass is 10.1. The summed E-state index contributed by atoms with van der Waals surface area (Å²) in [4.78, 5) is 28.8. The average molecular weight is 406 g/mol. The third-order valence-electron chi connectivity index (χ3n) is 4.08. The van der Waals surface area contributed by atoms with Crippen molar-refractivity contribution in [1.29, 1.82) is 0 Å². The summed E-state index contributed by atoms with van der Waals surface area (Å²) in [6.45, 7) is 1.32. The van der Waals surface area contributed by atoms with Crippen LogP contribution in [0.4, 0.5) is 11.4 Å². The Bertz CT molecular complexity index is 1140. The van der Waals surface area contributed by atoms with E-state index >= 15 is 0 Å². The summed E-state index contributed by atoms with van der Waals surface area (Å²) in [5.41, 5.74) is 3.12. The predicted molar refractivity (Wildman–Crippen MR) is 113 cm³/mol. The number of carbonyl (C=O) groups is 2. The lowest BCUT2D eigenvalue weighted by Gasteiger charge is -2.09. The van der Waals surface area contributed by atoms with Gasteiger partial charge in [-0.05, 0) is 36.4 Å². The average Bonchev–Trinajstić information content (AvgIpc) is 3.29. The summed E-state index contributed by atoms with van der Waals surface area (Å²) < 4.78 is 7.47. The standard InChI is InChI=1S/C21H18N4O3S/c1-14(26)22-16-5-7-18(8-6-16)28-13-20(27)23-17-4-2-3-15(11-17)19-12-25-9-10-29-21(25)24-19/h2-12H,13H2,1H3,(H,22,26)(H,23,27). The van der Waals surface area contributed by atoms with Crippen molar-refractivity contribution in [2.24, 2.45) is 0 Å². The number of amides is 2. The number of hydrogen-bond acceptors (Lipinski definition) is 5. The zero-order valence-electron chi connectivity index (χ0n) is 15.6. The number of anilines is 2. The summed E-state index contributed by atoms with van der Waals surface area (Å²) in [5, 5.41) is 7.49. The second-order valence-electron chi connectivity index (χ2n) is 6.34. The minimum atomic E-state index is -0.265. The molecule has 2 N–H and O–H groups in total. The van der Waals surface area contributed by atoms with Gasteiger partial charge in [-0.2, -0.15) is 0 Å². The van der Waals surface area contributed by atoms with Gasteiger partial charge in [-0.15, -0.1) is 11.3 Å². The molecule has 0 saturated heterocycles. The monoisotopic (exact) mass is 406 g/mol. The fourth-order valence-electron chi connectivity index (χ4n) is 2.81. The van der Waals surface area contributed by atoms with Crippen LogP contribution in [0, 0.1) is 0 Å². The number of nitrogens with zero attached hydrogens (tertiary/aromatic N) is 2. The molecule has 2 aromatic heterocycles. The van der Waals surface area contributed by atoms with E-state index in [1.54, 1.807) is 35.6 Å². The SMILES string of the molecule is CC(=O)Nc1ccc(OCC(=O)Nc2cccc(-c3cn4ccsc4n3)c2)cc1. The highest BCUT2D eigenvalue weighted by Gasteiger charge is 2.08. The van der Waals surface area contributed by atoms with E-state index in [0.29, 0.717) is 17.1 Å². The van der Waals surface area contributed by atoms with E-state index in [2.05, 4.69) is 15.6 Å². The topological polar surface area (TPSA) is 84.7 Å². The second-order valence-corrected chi connectivity index (χ2v) is 7.22. The number of aromatic nitrogens is 2. The van der Waals surface area contributed by atoms with Gasteiger partial charge in [-0.3, -0.25) is 14.0 Å².